The van der Waals surface area contributed by atoms with Gasteiger partial charge in [-0.25, -0.2) is 4.39 Å². The third-order valence-corrected chi connectivity index (χ3v) is 4.66. The van der Waals surface area contributed by atoms with Crippen molar-refractivity contribution in [2.24, 2.45) is 0 Å². The van der Waals surface area contributed by atoms with Gasteiger partial charge in [-0.05, 0) is 25.0 Å². The van der Waals surface area contributed by atoms with Crippen LogP contribution >= 0.6 is 0 Å². The minimum Gasteiger partial charge on any atom is -0.363 e. The number of hydrogen-bond donors (Lipinski definition) is 0. The third-order valence-electron chi connectivity index (χ3n) is 4.66. The summed E-state index contributed by atoms with van der Waals surface area (Å²) in [6, 6.07) is 3.66. The predicted molar refractivity (Wildman–Crippen MR) is 87.5 cm³/mol. The van der Waals surface area contributed by atoms with E-state index in [1.807, 2.05) is 9.80 Å². The number of piperazine rings is 1. The predicted octanol–water partition coefficient (Wildman–Crippen LogP) is 1.48. The molecular weight excluding hydrogens is 315 g/mol. The molecule has 0 bridgehead atoms. The molecule has 0 atom stereocenters. The van der Waals surface area contributed by atoms with Gasteiger partial charge in [0, 0.05) is 39.3 Å². The van der Waals surface area contributed by atoms with Crippen LogP contribution in [0.25, 0.3) is 0 Å². The van der Waals surface area contributed by atoms with Gasteiger partial charge >= 0.3 is 0 Å². The Balaban J connectivity index is 1.59. The Morgan fingerprint density at radius 3 is 2.42 bits per heavy atom. The summed E-state index contributed by atoms with van der Waals surface area (Å²) in [6.45, 7) is 4.59. The maximum absolute atomic E-state index is 13.3. The van der Waals surface area contributed by atoms with Crippen LogP contribution in [0.3, 0.4) is 0 Å². The van der Waals surface area contributed by atoms with E-state index in [0.717, 1.165) is 32.0 Å². The first-order valence-electron chi connectivity index (χ1n) is 8.23. The molecule has 1 aromatic rings. The highest BCUT2D eigenvalue weighted by molar-refractivity contribution is 5.78. The summed E-state index contributed by atoms with van der Waals surface area (Å²) in [5.41, 5.74) is 0.225. The fraction of sp³-hybridized carbons (Fsp3) is 0.562. The summed E-state index contributed by atoms with van der Waals surface area (Å²) >= 11 is 0. The molecule has 2 heterocycles. The van der Waals surface area contributed by atoms with E-state index in [4.69, 9.17) is 0 Å². The van der Waals surface area contributed by atoms with E-state index < -0.39 is 10.7 Å². The molecule has 0 spiro atoms. The summed E-state index contributed by atoms with van der Waals surface area (Å²) in [6.07, 6.45) is 2.15. The number of benzene rings is 1. The molecule has 0 saturated carbocycles. The number of rotatable bonds is 4. The molecule has 3 rings (SSSR count). The van der Waals surface area contributed by atoms with E-state index >= 15 is 0 Å². The van der Waals surface area contributed by atoms with E-state index in [0.29, 0.717) is 38.4 Å². The molecule has 8 heteroatoms. The maximum atomic E-state index is 13.3. The fourth-order valence-corrected chi connectivity index (χ4v) is 3.31. The molecule has 1 aromatic carbocycles. The van der Waals surface area contributed by atoms with Crippen LogP contribution in [0.2, 0.25) is 0 Å². The minimum atomic E-state index is -0.611. The lowest BCUT2D eigenvalue weighted by atomic mass is 10.2. The van der Waals surface area contributed by atoms with Crippen LogP contribution in [-0.2, 0) is 4.79 Å². The summed E-state index contributed by atoms with van der Waals surface area (Å²) in [7, 11) is 0. The SMILES string of the molecule is O=C(CN1CCN(c2ccc(F)cc2[N+](=O)[O-])CC1)N1CCCC1. The number of hydrogen-bond acceptors (Lipinski definition) is 5. The largest absolute Gasteiger partial charge is 0.363 e. The fourth-order valence-electron chi connectivity index (χ4n) is 3.31. The van der Waals surface area contributed by atoms with Gasteiger partial charge in [0.25, 0.3) is 5.69 Å². The summed E-state index contributed by atoms with van der Waals surface area (Å²) in [5.74, 6) is -0.450. The number of anilines is 1. The zero-order chi connectivity index (χ0) is 17.1. The van der Waals surface area contributed by atoms with Gasteiger partial charge < -0.3 is 9.80 Å². The van der Waals surface area contributed by atoms with Gasteiger partial charge in [-0.3, -0.25) is 19.8 Å². The monoisotopic (exact) mass is 336 g/mol. The first kappa shape index (κ1) is 16.6. The van der Waals surface area contributed by atoms with Crippen molar-refractivity contribution in [2.45, 2.75) is 12.8 Å². The Bertz CT molecular complexity index is 626. The number of amides is 1. The van der Waals surface area contributed by atoms with Crippen LogP contribution in [0.5, 0.6) is 0 Å². The number of likely N-dealkylation sites (tertiary alicyclic amines) is 1. The van der Waals surface area contributed by atoms with Gasteiger partial charge in [-0.15, -0.1) is 0 Å². The van der Waals surface area contributed by atoms with Gasteiger partial charge in [0.1, 0.15) is 11.5 Å². The van der Waals surface area contributed by atoms with E-state index in [1.165, 1.54) is 12.1 Å². The molecule has 0 N–H and O–H groups in total. The smallest absolute Gasteiger partial charge is 0.295 e. The number of carbonyl (C=O) groups is 1. The molecule has 0 unspecified atom stereocenters. The lowest BCUT2D eigenvalue weighted by molar-refractivity contribution is -0.384. The Morgan fingerprint density at radius 1 is 1.12 bits per heavy atom. The average molecular weight is 336 g/mol. The van der Waals surface area contributed by atoms with E-state index in [1.54, 1.807) is 0 Å². The van der Waals surface area contributed by atoms with Crippen molar-refractivity contribution in [1.82, 2.24) is 9.80 Å². The molecule has 7 nitrogen and oxygen atoms in total. The second-order valence-corrected chi connectivity index (χ2v) is 6.24. The standard InChI is InChI=1S/C16H21FN4O3/c17-13-3-4-14(15(11-13)21(23)24)19-9-7-18(8-10-19)12-16(22)20-5-1-2-6-20/h3-4,11H,1-2,5-10,12H2. The molecule has 2 aliphatic heterocycles. The molecule has 0 aromatic heterocycles. The highest BCUT2D eigenvalue weighted by Crippen LogP contribution is 2.29. The van der Waals surface area contributed by atoms with Crippen molar-refractivity contribution < 1.29 is 14.1 Å². The van der Waals surface area contributed by atoms with Crippen LogP contribution < -0.4 is 4.90 Å². The van der Waals surface area contributed by atoms with E-state index in [-0.39, 0.29) is 11.6 Å². The second-order valence-electron chi connectivity index (χ2n) is 6.24. The third kappa shape index (κ3) is 3.64. The lowest BCUT2D eigenvalue weighted by Crippen LogP contribution is -2.50. The van der Waals surface area contributed by atoms with Crippen LogP contribution in [0.15, 0.2) is 18.2 Å². The van der Waals surface area contributed by atoms with Crippen LogP contribution in [0.4, 0.5) is 15.8 Å². The number of nitro groups is 1. The zero-order valence-corrected chi connectivity index (χ0v) is 13.5. The number of nitrogens with zero attached hydrogens (tertiary/aromatic N) is 4. The average Bonchev–Trinajstić information content (AvgIpc) is 3.10. The Morgan fingerprint density at radius 2 is 1.79 bits per heavy atom. The molecule has 24 heavy (non-hydrogen) atoms. The van der Waals surface area contributed by atoms with Gasteiger partial charge in [0.05, 0.1) is 17.5 Å². The number of nitro benzene ring substituents is 1. The highest BCUT2D eigenvalue weighted by atomic mass is 19.1. The maximum Gasteiger partial charge on any atom is 0.295 e. The number of halogens is 1. The normalized spacial score (nSPS) is 18.9. The van der Waals surface area contributed by atoms with Crippen molar-refractivity contribution in [3.63, 3.8) is 0 Å². The van der Waals surface area contributed by atoms with E-state index in [2.05, 4.69) is 4.90 Å². The van der Waals surface area contributed by atoms with Crippen LogP contribution in [-0.4, -0.2) is 66.4 Å². The minimum absolute atomic E-state index is 0.161. The lowest BCUT2D eigenvalue weighted by Gasteiger charge is -2.36. The Kier molecular flexibility index (Phi) is 4.94. The van der Waals surface area contributed by atoms with Crippen molar-refractivity contribution in [3.8, 4) is 0 Å². The van der Waals surface area contributed by atoms with Crippen LogP contribution in [0, 0.1) is 15.9 Å². The first-order chi connectivity index (χ1) is 11.5. The van der Waals surface area contributed by atoms with Crippen molar-refractivity contribution in [1.29, 1.82) is 0 Å². The summed E-state index contributed by atoms with van der Waals surface area (Å²) < 4.78 is 13.3. The topological polar surface area (TPSA) is 69.9 Å². The second kappa shape index (κ2) is 7.12. The molecule has 0 radical (unpaired) electrons. The molecule has 2 fully saturated rings. The molecule has 1 amide bonds. The zero-order valence-electron chi connectivity index (χ0n) is 13.5. The number of carbonyl (C=O) groups excluding carboxylic acids is 1. The molecule has 2 aliphatic rings. The van der Waals surface area contributed by atoms with E-state index in [9.17, 15) is 19.3 Å². The van der Waals surface area contributed by atoms with Crippen molar-refractivity contribution in [2.75, 3.05) is 50.7 Å². The van der Waals surface area contributed by atoms with Crippen molar-refractivity contribution in [3.05, 3.63) is 34.1 Å². The van der Waals surface area contributed by atoms with Crippen molar-refractivity contribution >= 4 is 17.3 Å². The molecule has 130 valence electrons. The Labute approximate surface area is 139 Å². The van der Waals surface area contributed by atoms with Gasteiger partial charge in [0.15, 0.2) is 0 Å². The molecular formula is C16H21FN4O3. The summed E-state index contributed by atoms with van der Waals surface area (Å²) in [4.78, 5) is 28.6. The Hall–Kier alpha value is -2.22. The van der Waals surface area contributed by atoms with Crippen LogP contribution in [0.1, 0.15) is 12.8 Å². The summed E-state index contributed by atoms with van der Waals surface area (Å²) in [5, 5.41) is 11.1. The van der Waals surface area contributed by atoms with Gasteiger partial charge in [0.2, 0.25) is 5.91 Å². The van der Waals surface area contributed by atoms with Gasteiger partial charge in [-0.1, -0.05) is 0 Å². The molecule has 0 aliphatic carbocycles. The van der Waals surface area contributed by atoms with Gasteiger partial charge in [-0.2, -0.15) is 0 Å². The first-order valence-corrected chi connectivity index (χ1v) is 8.23. The molecule has 2 saturated heterocycles. The highest BCUT2D eigenvalue weighted by Gasteiger charge is 2.26. The quantitative estimate of drug-likeness (QED) is 0.615.